The predicted molar refractivity (Wildman–Crippen MR) is 67.9 cm³/mol. The fourth-order valence-electron chi connectivity index (χ4n) is 1.53. The molecule has 8 heteroatoms. The molecule has 1 atom stereocenters. The number of carboxylic acids is 1. The molecule has 0 amide bonds. The molecule has 0 saturated carbocycles. The van der Waals surface area contributed by atoms with Gasteiger partial charge in [0.1, 0.15) is 10.2 Å². The third kappa shape index (κ3) is 6.16. The van der Waals surface area contributed by atoms with Gasteiger partial charge in [0, 0.05) is 5.92 Å². The second-order valence-electron chi connectivity index (χ2n) is 3.78. The summed E-state index contributed by atoms with van der Waals surface area (Å²) < 4.78 is 39.6. The van der Waals surface area contributed by atoms with Gasteiger partial charge >= 0.3 is 12.3 Å². The molecule has 0 saturated heterocycles. The molecule has 0 aliphatic rings. The number of hydrogen-bond acceptors (Lipinski definition) is 2. The number of alkyl halides is 3. The molecule has 0 heterocycles. The average molecular weight is 329 g/mol. The van der Waals surface area contributed by atoms with Gasteiger partial charge in [0.15, 0.2) is 0 Å². The maximum Gasteiger partial charge on any atom is 0.573 e. The van der Waals surface area contributed by atoms with Crippen molar-refractivity contribution in [3.8, 4) is 5.75 Å². The molecule has 1 rings (SSSR count). The van der Waals surface area contributed by atoms with Crippen LogP contribution >= 0.6 is 23.2 Å². The Kier molecular flexibility index (Phi) is 5.71. The molecule has 0 fully saturated rings. The first-order valence-corrected chi connectivity index (χ1v) is 6.03. The summed E-state index contributed by atoms with van der Waals surface area (Å²) in [6.45, 7) is 0. The van der Waals surface area contributed by atoms with E-state index < -0.39 is 24.0 Å². The van der Waals surface area contributed by atoms with Gasteiger partial charge in [-0.25, -0.2) is 0 Å². The maximum absolute atomic E-state index is 12.0. The summed E-state index contributed by atoms with van der Waals surface area (Å²) >= 11 is 11.0. The van der Waals surface area contributed by atoms with E-state index in [9.17, 15) is 18.0 Å². The van der Waals surface area contributed by atoms with Gasteiger partial charge in [0.05, 0.1) is 6.42 Å². The van der Waals surface area contributed by atoms with E-state index in [1.165, 1.54) is 18.2 Å². The highest BCUT2D eigenvalue weighted by Gasteiger charge is 2.31. The molecule has 1 aromatic rings. The number of carbonyl (C=O) groups is 1. The van der Waals surface area contributed by atoms with E-state index >= 15 is 0 Å². The Bertz CT molecular complexity index is 494. The fraction of sp³-hybridized carbons (Fsp3) is 0.250. The van der Waals surface area contributed by atoms with Crippen LogP contribution in [0.1, 0.15) is 17.9 Å². The van der Waals surface area contributed by atoms with Gasteiger partial charge in [-0.2, -0.15) is 0 Å². The molecule has 0 aliphatic carbocycles. The lowest BCUT2D eigenvalue weighted by molar-refractivity contribution is -0.274. The van der Waals surface area contributed by atoms with Crippen LogP contribution in [0.3, 0.4) is 0 Å². The number of benzene rings is 1. The molecule has 1 aromatic carbocycles. The zero-order valence-electron chi connectivity index (χ0n) is 9.82. The molecule has 1 N–H and O–H groups in total. The molecular formula is C12H9Cl2F3O3. The largest absolute Gasteiger partial charge is 0.573 e. The molecule has 0 aliphatic heterocycles. The summed E-state index contributed by atoms with van der Waals surface area (Å²) in [7, 11) is 0. The third-order valence-electron chi connectivity index (χ3n) is 2.26. The second-order valence-corrected chi connectivity index (χ2v) is 4.79. The topological polar surface area (TPSA) is 46.5 Å². The zero-order valence-corrected chi connectivity index (χ0v) is 11.3. The number of ether oxygens (including phenoxy) is 1. The van der Waals surface area contributed by atoms with Crippen LogP contribution in [-0.2, 0) is 4.79 Å². The molecule has 1 unspecified atom stereocenters. The van der Waals surface area contributed by atoms with Crippen LogP contribution < -0.4 is 4.74 Å². The zero-order chi connectivity index (χ0) is 15.3. The van der Waals surface area contributed by atoms with Crippen LogP contribution in [0.5, 0.6) is 5.75 Å². The number of rotatable bonds is 5. The van der Waals surface area contributed by atoms with Crippen LogP contribution in [0.2, 0.25) is 0 Å². The monoisotopic (exact) mass is 328 g/mol. The van der Waals surface area contributed by atoms with Crippen molar-refractivity contribution < 1.29 is 27.8 Å². The highest BCUT2D eigenvalue weighted by atomic mass is 35.5. The standard InChI is InChI=1S/C12H9Cl2F3O3/c13-10(14)5-8(6-11(18)19)7-1-3-9(4-2-7)20-12(15,16)17/h1-5,8H,6H2,(H,18,19). The lowest BCUT2D eigenvalue weighted by Crippen LogP contribution is -2.17. The predicted octanol–water partition coefficient (Wildman–Crippen LogP) is 4.46. The first-order valence-electron chi connectivity index (χ1n) is 5.27. The van der Waals surface area contributed by atoms with Crippen LogP contribution in [0.25, 0.3) is 0 Å². The number of allylic oxidation sites excluding steroid dienone is 1. The summed E-state index contributed by atoms with van der Waals surface area (Å²) in [5, 5.41) is 8.78. The van der Waals surface area contributed by atoms with Crippen molar-refractivity contribution in [2.45, 2.75) is 18.7 Å². The van der Waals surface area contributed by atoms with Crippen molar-refractivity contribution in [3.63, 3.8) is 0 Å². The summed E-state index contributed by atoms with van der Waals surface area (Å²) in [6, 6.07) is 4.82. The van der Waals surface area contributed by atoms with Crippen LogP contribution in [-0.4, -0.2) is 17.4 Å². The Morgan fingerprint density at radius 1 is 1.30 bits per heavy atom. The molecule has 0 spiro atoms. The second kappa shape index (κ2) is 6.85. The summed E-state index contributed by atoms with van der Waals surface area (Å²) in [4.78, 5) is 10.7. The maximum atomic E-state index is 12.0. The normalized spacial score (nSPS) is 12.7. The van der Waals surface area contributed by atoms with E-state index in [2.05, 4.69) is 4.74 Å². The minimum atomic E-state index is -4.78. The Morgan fingerprint density at radius 3 is 2.25 bits per heavy atom. The van der Waals surface area contributed by atoms with Gasteiger partial charge in [-0.15, -0.1) is 13.2 Å². The van der Waals surface area contributed by atoms with Crippen molar-refractivity contribution >= 4 is 29.2 Å². The quantitative estimate of drug-likeness (QED) is 0.867. The molecule has 3 nitrogen and oxygen atoms in total. The minimum Gasteiger partial charge on any atom is -0.481 e. The van der Waals surface area contributed by atoms with Crippen molar-refractivity contribution in [1.82, 2.24) is 0 Å². The third-order valence-corrected chi connectivity index (χ3v) is 2.52. The lowest BCUT2D eigenvalue weighted by atomic mass is 9.96. The van der Waals surface area contributed by atoms with E-state index in [4.69, 9.17) is 28.3 Å². The molecule has 0 aromatic heterocycles. The minimum absolute atomic E-state index is 0.119. The van der Waals surface area contributed by atoms with E-state index in [0.29, 0.717) is 5.56 Å². The number of carboxylic acid groups (broad SMARTS) is 1. The van der Waals surface area contributed by atoms with E-state index in [1.807, 2.05) is 0 Å². The van der Waals surface area contributed by atoms with Crippen molar-refractivity contribution in [3.05, 3.63) is 40.4 Å². The first kappa shape index (κ1) is 16.7. The smallest absolute Gasteiger partial charge is 0.481 e. The summed E-state index contributed by atoms with van der Waals surface area (Å²) in [5.74, 6) is -2.12. The Hall–Kier alpha value is -1.40. The van der Waals surface area contributed by atoms with Crippen molar-refractivity contribution in [2.75, 3.05) is 0 Å². The fourth-order valence-corrected chi connectivity index (χ4v) is 1.83. The molecule has 20 heavy (non-hydrogen) atoms. The van der Waals surface area contributed by atoms with Crippen molar-refractivity contribution in [2.24, 2.45) is 0 Å². The van der Waals surface area contributed by atoms with Gasteiger partial charge in [0.2, 0.25) is 0 Å². The SMILES string of the molecule is O=C(O)CC(C=C(Cl)Cl)c1ccc(OC(F)(F)F)cc1. The highest BCUT2D eigenvalue weighted by Crippen LogP contribution is 2.28. The summed E-state index contributed by atoms with van der Waals surface area (Å²) in [5.41, 5.74) is 0.459. The van der Waals surface area contributed by atoms with Gasteiger partial charge in [0.25, 0.3) is 0 Å². The number of aliphatic carboxylic acids is 1. The van der Waals surface area contributed by atoms with E-state index in [1.54, 1.807) is 0 Å². The number of halogens is 5. The molecule has 110 valence electrons. The Morgan fingerprint density at radius 2 is 1.85 bits per heavy atom. The molecule has 0 bridgehead atoms. The van der Waals surface area contributed by atoms with Gasteiger partial charge in [-0.3, -0.25) is 4.79 Å². The molecule has 0 radical (unpaired) electrons. The lowest BCUT2D eigenvalue weighted by Gasteiger charge is -2.13. The van der Waals surface area contributed by atoms with Gasteiger partial charge in [-0.1, -0.05) is 35.3 Å². The van der Waals surface area contributed by atoms with Crippen LogP contribution in [0.4, 0.5) is 13.2 Å². The summed E-state index contributed by atoms with van der Waals surface area (Å²) in [6.07, 6.45) is -3.76. The van der Waals surface area contributed by atoms with Gasteiger partial charge < -0.3 is 9.84 Å². The van der Waals surface area contributed by atoms with Crippen LogP contribution in [0, 0.1) is 0 Å². The van der Waals surface area contributed by atoms with E-state index in [0.717, 1.165) is 12.1 Å². The highest BCUT2D eigenvalue weighted by molar-refractivity contribution is 6.55. The Balaban J connectivity index is 2.93. The van der Waals surface area contributed by atoms with Crippen LogP contribution in [0.15, 0.2) is 34.8 Å². The van der Waals surface area contributed by atoms with Crippen molar-refractivity contribution in [1.29, 1.82) is 0 Å². The van der Waals surface area contributed by atoms with E-state index in [-0.39, 0.29) is 10.9 Å². The Labute approximate surface area is 122 Å². The average Bonchev–Trinajstić information content (AvgIpc) is 2.25. The molecular weight excluding hydrogens is 320 g/mol. The first-order chi connectivity index (χ1) is 9.17. The van der Waals surface area contributed by atoms with Gasteiger partial charge in [-0.05, 0) is 23.8 Å². The number of hydrogen-bond donors (Lipinski definition) is 1.